The van der Waals surface area contributed by atoms with Gasteiger partial charge in [0.25, 0.3) is 11.7 Å². The molecular weight excluding hydrogens is 446 g/mol. The van der Waals surface area contributed by atoms with Gasteiger partial charge in [0.05, 0.1) is 31.2 Å². The lowest BCUT2D eigenvalue weighted by atomic mass is 9.95. The molecular formula is C27H29N3O5. The first-order valence-corrected chi connectivity index (χ1v) is 11.7. The topological polar surface area (TPSA) is 93.9 Å². The maximum Gasteiger partial charge on any atom is 0.295 e. The number of rotatable bonds is 10. The number of likely N-dealkylation sites (tertiary alicyclic amines) is 1. The fourth-order valence-corrected chi connectivity index (χ4v) is 4.27. The second kappa shape index (κ2) is 10.9. The van der Waals surface area contributed by atoms with Crippen molar-refractivity contribution in [1.29, 1.82) is 0 Å². The molecule has 1 saturated heterocycles. The quantitative estimate of drug-likeness (QED) is 0.268. The summed E-state index contributed by atoms with van der Waals surface area (Å²) >= 11 is 0. The minimum absolute atomic E-state index is 0.0652. The minimum Gasteiger partial charge on any atom is -0.507 e. The SMILES string of the molecule is CCOc1ccc(/C(O)=C2\C(=O)C(=O)N(CCCn3ccnc3)C2c2cccc(OCC)c2)cc1. The Morgan fingerprint density at radius 3 is 2.43 bits per heavy atom. The number of ketones is 1. The monoisotopic (exact) mass is 475 g/mol. The van der Waals surface area contributed by atoms with Gasteiger partial charge < -0.3 is 24.0 Å². The van der Waals surface area contributed by atoms with Gasteiger partial charge in [0.1, 0.15) is 17.3 Å². The first kappa shape index (κ1) is 24.1. The standard InChI is InChI=1S/C27H29N3O5/c1-3-34-21-11-9-19(10-12-21)25(31)23-24(20-7-5-8-22(17-20)35-4-2)30(27(33)26(23)32)15-6-14-29-16-13-28-18-29/h5,7-13,16-18,24,31H,3-4,6,14-15H2,1-2H3/b25-23+. The molecule has 3 aromatic rings. The Morgan fingerprint density at radius 2 is 1.74 bits per heavy atom. The fraction of sp³-hybridized carbons (Fsp3) is 0.296. The second-order valence-corrected chi connectivity index (χ2v) is 8.11. The van der Waals surface area contributed by atoms with E-state index in [1.165, 1.54) is 4.90 Å². The molecule has 182 valence electrons. The number of ether oxygens (including phenoxy) is 2. The first-order valence-electron chi connectivity index (χ1n) is 11.7. The lowest BCUT2D eigenvalue weighted by Gasteiger charge is -2.25. The van der Waals surface area contributed by atoms with E-state index in [1.807, 2.05) is 48.9 Å². The summed E-state index contributed by atoms with van der Waals surface area (Å²) in [5.74, 6) is -0.254. The number of aliphatic hydroxyl groups excluding tert-OH is 1. The van der Waals surface area contributed by atoms with Crippen molar-refractivity contribution in [2.45, 2.75) is 32.9 Å². The van der Waals surface area contributed by atoms with E-state index in [4.69, 9.17) is 9.47 Å². The Labute approximate surface area is 204 Å². The van der Waals surface area contributed by atoms with E-state index in [9.17, 15) is 14.7 Å². The molecule has 1 unspecified atom stereocenters. The molecule has 1 aliphatic rings. The highest BCUT2D eigenvalue weighted by molar-refractivity contribution is 6.46. The van der Waals surface area contributed by atoms with Crippen LogP contribution in [0.4, 0.5) is 0 Å². The molecule has 8 nitrogen and oxygen atoms in total. The van der Waals surface area contributed by atoms with Gasteiger partial charge in [-0.15, -0.1) is 0 Å². The number of aliphatic hydroxyl groups is 1. The molecule has 0 radical (unpaired) electrons. The average molecular weight is 476 g/mol. The van der Waals surface area contributed by atoms with Crippen LogP contribution in [0.2, 0.25) is 0 Å². The molecule has 0 saturated carbocycles. The molecule has 1 fully saturated rings. The summed E-state index contributed by atoms with van der Waals surface area (Å²) in [5.41, 5.74) is 1.21. The van der Waals surface area contributed by atoms with Crippen LogP contribution >= 0.6 is 0 Å². The van der Waals surface area contributed by atoms with Crippen molar-refractivity contribution in [3.8, 4) is 11.5 Å². The van der Waals surface area contributed by atoms with Gasteiger partial charge in [0, 0.05) is 31.0 Å². The van der Waals surface area contributed by atoms with Crippen LogP contribution < -0.4 is 9.47 Å². The van der Waals surface area contributed by atoms with E-state index >= 15 is 0 Å². The van der Waals surface area contributed by atoms with E-state index in [-0.39, 0.29) is 11.3 Å². The Morgan fingerprint density at radius 1 is 1.00 bits per heavy atom. The Kier molecular flexibility index (Phi) is 7.50. The predicted molar refractivity (Wildman–Crippen MR) is 131 cm³/mol. The van der Waals surface area contributed by atoms with E-state index in [0.717, 1.165) is 0 Å². The summed E-state index contributed by atoms with van der Waals surface area (Å²) in [5, 5.41) is 11.2. The number of carbonyl (C=O) groups excluding carboxylic acids is 2. The van der Waals surface area contributed by atoms with E-state index in [0.29, 0.717) is 55.4 Å². The molecule has 1 aliphatic heterocycles. The zero-order valence-corrected chi connectivity index (χ0v) is 19.9. The molecule has 1 N–H and O–H groups in total. The van der Waals surface area contributed by atoms with Crippen LogP contribution in [0.25, 0.3) is 5.76 Å². The third-order valence-corrected chi connectivity index (χ3v) is 5.84. The van der Waals surface area contributed by atoms with Gasteiger partial charge in [0.15, 0.2) is 0 Å². The summed E-state index contributed by atoms with van der Waals surface area (Å²) in [6.07, 6.45) is 5.88. The van der Waals surface area contributed by atoms with Gasteiger partial charge in [0.2, 0.25) is 0 Å². The Bertz CT molecular complexity index is 1200. The van der Waals surface area contributed by atoms with Crippen molar-refractivity contribution < 1.29 is 24.2 Å². The van der Waals surface area contributed by atoms with E-state index < -0.39 is 17.7 Å². The Hall–Kier alpha value is -4.07. The van der Waals surface area contributed by atoms with Crippen molar-refractivity contribution in [3.63, 3.8) is 0 Å². The molecule has 2 aromatic carbocycles. The molecule has 0 bridgehead atoms. The van der Waals surface area contributed by atoms with Crippen molar-refractivity contribution in [2.75, 3.05) is 19.8 Å². The van der Waals surface area contributed by atoms with Gasteiger partial charge in [-0.25, -0.2) is 4.98 Å². The van der Waals surface area contributed by atoms with E-state index in [2.05, 4.69) is 4.98 Å². The molecule has 2 heterocycles. The number of hydrogen-bond donors (Lipinski definition) is 1. The minimum atomic E-state index is -0.732. The van der Waals surface area contributed by atoms with Crippen LogP contribution in [0.15, 0.2) is 72.8 Å². The summed E-state index contributed by atoms with van der Waals surface area (Å²) < 4.78 is 13.0. The summed E-state index contributed by atoms with van der Waals surface area (Å²) in [4.78, 5) is 31.9. The third kappa shape index (κ3) is 5.21. The van der Waals surface area contributed by atoms with Gasteiger partial charge >= 0.3 is 0 Å². The highest BCUT2D eigenvalue weighted by atomic mass is 16.5. The summed E-state index contributed by atoms with van der Waals surface area (Å²) in [6.45, 7) is 5.77. The molecule has 1 atom stereocenters. The number of nitrogens with zero attached hydrogens (tertiary/aromatic N) is 3. The maximum atomic E-state index is 13.2. The van der Waals surface area contributed by atoms with Crippen LogP contribution in [-0.4, -0.2) is 51.0 Å². The van der Waals surface area contributed by atoms with Gasteiger partial charge in [-0.1, -0.05) is 12.1 Å². The largest absolute Gasteiger partial charge is 0.507 e. The molecule has 4 rings (SSSR count). The molecule has 8 heteroatoms. The number of aromatic nitrogens is 2. The first-order chi connectivity index (χ1) is 17.0. The lowest BCUT2D eigenvalue weighted by molar-refractivity contribution is -0.139. The van der Waals surface area contributed by atoms with Gasteiger partial charge in [-0.3, -0.25) is 9.59 Å². The summed E-state index contributed by atoms with van der Waals surface area (Å²) in [7, 11) is 0. The lowest BCUT2D eigenvalue weighted by Crippen LogP contribution is -2.31. The highest BCUT2D eigenvalue weighted by Gasteiger charge is 2.45. The predicted octanol–water partition coefficient (Wildman–Crippen LogP) is 4.19. The maximum absolute atomic E-state index is 13.2. The van der Waals surface area contributed by atoms with Crippen molar-refractivity contribution >= 4 is 17.4 Å². The van der Waals surface area contributed by atoms with Crippen molar-refractivity contribution in [3.05, 3.63) is 84.0 Å². The van der Waals surface area contributed by atoms with Crippen molar-refractivity contribution in [1.82, 2.24) is 14.5 Å². The van der Waals surface area contributed by atoms with Crippen LogP contribution in [0, 0.1) is 0 Å². The number of carbonyl (C=O) groups is 2. The second-order valence-electron chi connectivity index (χ2n) is 8.11. The van der Waals surface area contributed by atoms with E-state index in [1.54, 1.807) is 36.8 Å². The third-order valence-electron chi connectivity index (χ3n) is 5.84. The molecule has 35 heavy (non-hydrogen) atoms. The van der Waals surface area contributed by atoms with Crippen LogP contribution in [-0.2, 0) is 16.1 Å². The highest BCUT2D eigenvalue weighted by Crippen LogP contribution is 2.40. The zero-order chi connectivity index (χ0) is 24.8. The molecule has 0 spiro atoms. The number of imidazole rings is 1. The van der Waals surface area contributed by atoms with Gasteiger partial charge in [-0.05, 0) is 62.2 Å². The molecule has 1 aromatic heterocycles. The number of amides is 1. The molecule has 1 amide bonds. The van der Waals surface area contributed by atoms with Crippen LogP contribution in [0.3, 0.4) is 0 Å². The number of hydrogen-bond acceptors (Lipinski definition) is 6. The number of benzene rings is 2. The van der Waals surface area contributed by atoms with Gasteiger partial charge in [-0.2, -0.15) is 0 Å². The van der Waals surface area contributed by atoms with Crippen molar-refractivity contribution in [2.24, 2.45) is 0 Å². The number of aryl methyl sites for hydroxylation is 1. The molecule has 0 aliphatic carbocycles. The average Bonchev–Trinajstić information content (AvgIpc) is 3.47. The normalized spacial score (nSPS) is 17.1. The fourth-order valence-electron chi connectivity index (χ4n) is 4.27. The zero-order valence-electron chi connectivity index (χ0n) is 19.9. The number of Topliss-reactive ketones (excluding diaryl/α,β-unsaturated/α-hetero) is 1. The Balaban J connectivity index is 1.72. The smallest absolute Gasteiger partial charge is 0.295 e. The van der Waals surface area contributed by atoms with Crippen LogP contribution in [0.5, 0.6) is 11.5 Å². The summed E-state index contributed by atoms with van der Waals surface area (Å²) in [6, 6.07) is 13.4. The van der Waals surface area contributed by atoms with Crippen LogP contribution in [0.1, 0.15) is 37.4 Å².